The first-order valence-corrected chi connectivity index (χ1v) is 5.38. The molecule has 0 N–H and O–H groups in total. The van der Waals surface area contributed by atoms with Crippen LogP contribution in [0.3, 0.4) is 0 Å². The lowest BCUT2D eigenvalue weighted by Gasteiger charge is -2.43. The van der Waals surface area contributed by atoms with Gasteiger partial charge < -0.3 is 9.64 Å². The number of hydrogen-bond acceptors (Lipinski definition) is 3. The lowest BCUT2D eigenvalue weighted by Crippen LogP contribution is -2.56. The van der Waals surface area contributed by atoms with Gasteiger partial charge in [-0.1, -0.05) is 6.42 Å². The molecule has 2 aliphatic heterocycles. The van der Waals surface area contributed by atoms with Crippen molar-refractivity contribution in [2.24, 2.45) is 0 Å². The van der Waals surface area contributed by atoms with Crippen molar-refractivity contribution in [1.82, 2.24) is 9.80 Å². The lowest BCUT2D eigenvalue weighted by molar-refractivity contribution is 0.0427. The van der Waals surface area contributed by atoms with E-state index in [4.69, 9.17) is 4.74 Å². The highest BCUT2D eigenvalue weighted by Crippen LogP contribution is 2.21. The monoisotopic (exact) mass is 198 g/mol. The molecule has 0 radical (unpaired) electrons. The third-order valence-electron chi connectivity index (χ3n) is 3.27. The molecule has 0 saturated carbocycles. The fourth-order valence-corrected chi connectivity index (χ4v) is 2.45. The van der Waals surface area contributed by atoms with Crippen LogP contribution in [-0.2, 0) is 4.74 Å². The zero-order valence-corrected chi connectivity index (χ0v) is 8.74. The highest BCUT2D eigenvalue weighted by Gasteiger charge is 2.31. The van der Waals surface area contributed by atoms with E-state index in [0.717, 1.165) is 19.6 Å². The first-order chi connectivity index (χ1) is 6.81. The van der Waals surface area contributed by atoms with Gasteiger partial charge in [-0.2, -0.15) is 0 Å². The van der Waals surface area contributed by atoms with Gasteiger partial charge in [0.2, 0.25) is 0 Å². The molecule has 1 amide bonds. The fourth-order valence-electron chi connectivity index (χ4n) is 2.45. The Bertz CT molecular complexity index is 220. The molecule has 0 aromatic carbocycles. The molecule has 0 bridgehead atoms. The number of methoxy groups -OCH3 is 1. The van der Waals surface area contributed by atoms with Gasteiger partial charge in [0.15, 0.2) is 0 Å². The van der Waals surface area contributed by atoms with E-state index in [9.17, 15) is 4.79 Å². The van der Waals surface area contributed by atoms with Gasteiger partial charge in [-0.15, -0.1) is 0 Å². The average Bonchev–Trinajstić information content (AvgIpc) is 2.27. The Kier molecular flexibility index (Phi) is 2.91. The Balaban J connectivity index is 1.92. The SMILES string of the molecule is COC(=O)N1CCN2CCCCC2C1. The average molecular weight is 198 g/mol. The maximum absolute atomic E-state index is 11.3. The number of hydrogen-bond donors (Lipinski definition) is 0. The van der Waals surface area contributed by atoms with Gasteiger partial charge in [0.1, 0.15) is 0 Å². The molecule has 2 aliphatic rings. The fraction of sp³-hybridized carbons (Fsp3) is 0.900. The van der Waals surface area contributed by atoms with Crippen LogP contribution in [0.5, 0.6) is 0 Å². The van der Waals surface area contributed by atoms with Crippen molar-refractivity contribution in [2.45, 2.75) is 25.3 Å². The van der Waals surface area contributed by atoms with E-state index in [1.165, 1.54) is 32.9 Å². The third-order valence-corrected chi connectivity index (χ3v) is 3.27. The van der Waals surface area contributed by atoms with E-state index < -0.39 is 0 Å². The minimum absolute atomic E-state index is 0.171. The van der Waals surface area contributed by atoms with E-state index in [0.29, 0.717) is 6.04 Å². The summed E-state index contributed by atoms with van der Waals surface area (Å²) in [6.45, 7) is 3.90. The molecular weight excluding hydrogens is 180 g/mol. The molecule has 1 atom stereocenters. The zero-order valence-electron chi connectivity index (χ0n) is 8.74. The number of piperazine rings is 1. The summed E-state index contributed by atoms with van der Waals surface area (Å²) in [5.74, 6) is 0. The Labute approximate surface area is 84.8 Å². The van der Waals surface area contributed by atoms with Crippen molar-refractivity contribution < 1.29 is 9.53 Å². The summed E-state index contributed by atoms with van der Waals surface area (Å²) in [6, 6.07) is 0.580. The second-order valence-electron chi connectivity index (χ2n) is 4.10. The molecule has 1 unspecified atom stereocenters. The van der Waals surface area contributed by atoms with Crippen molar-refractivity contribution in [3.05, 3.63) is 0 Å². The van der Waals surface area contributed by atoms with Crippen molar-refractivity contribution in [2.75, 3.05) is 33.3 Å². The molecule has 0 aliphatic carbocycles. The van der Waals surface area contributed by atoms with Gasteiger partial charge in [0.25, 0.3) is 0 Å². The van der Waals surface area contributed by atoms with Crippen LogP contribution >= 0.6 is 0 Å². The Morgan fingerprint density at radius 2 is 2.14 bits per heavy atom. The van der Waals surface area contributed by atoms with Crippen LogP contribution in [0.15, 0.2) is 0 Å². The van der Waals surface area contributed by atoms with Crippen molar-refractivity contribution >= 4 is 6.09 Å². The standard InChI is InChI=1S/C10H18N2O2/c1-14-10(13)12-7-6-11-5-3-2-4-9(11)8-12/h9H,2-8H2,1H3. The quantitative estimate of drug-likeness (QED) is 0.580. The largest absolute Gasteiger partial charge is 0.453 e. The molecule has 80 valence electrons. The normalized spacial score (nSPS) is 28.4. The molecular formula is C10H18N2O2. The number of ether oxygens (including phenoxy) is 1. The number of fused-ring (bicyclic) bond motifs is 1. The maximum Gasteiger partial charge on any atom is 0.409 e. The van der Waals surface area contributed by atoms with Crippen LogP contribution in [0.2, 0.25) is 0 Å². The highest BCUT2D eigenvalue weighted by atomic mass is 16.5. The maximum atomic E-state index is 11.3. The van der Waals surface area contributed by atoms with Gasteiger partial charge in [-0.3, -0.25) is 4.90 Å². The summed E-state index contributed by atoms with van der Waals surface area (Å²) in [7, 11) is 1.45. The summed E-state index contributed by atoms with van der Waals surface area (Å²) in [6.07, 6.45) is 3.67. The zero-order chi connectivity index (χ0) is 9.97. The van der Waals surface area contributed by atoms with Gasteiger partial charge in [-0.25, -0.2) is 4.79 Å². The second-order valence-corrected chi connectivity index (χ2v) is 4.10. The van der Waals surface area contributed by atoms with Crippen molar-refractivity contribution in [1.29, 1.82) is 0 Å². The summed E-state index contributed by atoms with van der Waals surface area (Å²) in [5, 5.41) is 0. The van der Waals surface area contributed by atoms with Gasteiger partial charge in [0.05, 0.1) is 7.11 Å². The summed E-state index contributed by atoms with van der Waals surface area (Å²) in [4.78, 5) is 15.7. The minimum atomic E-state index is -0.171. The van der Waals surface area contributed by atoms with Crippen LogP contribution in [0.1, 0.15) is 19.3 Å². The summed E-state index contributed by atoms with van der Waals surface area (Å²) in [5.41, 5.74) is 0. The topological polar surface area (TPSA) is 32.8 Å². The Hall–Kier alpha value is -0.770. The number of carbonyl (C=O) groups is 1. The van der Waals surface area contributed by atoms with Crippen molar-refractivity contribution in [3.8, 4) is 0 Å². The van der Waals surface area contributed by atoms with Crippen LogP contribution in [0.25, 0.3) is 0 Å². The molecule has 0 aromatic heterocycles. The molecule has 14 heavy (non-hydrogen) atoms. The number of nitrogens with zero attached hydrogens (tertiary/aromatic N) is 2. The predicted molar refractivity (Wildman–Crippen MR) is 53.2 cm³/mol. The van der Waals surface area contributed by atoms with Crippen molar-refractivity contribution in [3.63, 3.8) is 0 Å². The lowest BCUT2D eigenvalue weighted by atomic mass is 10.00. The smallest absolute Gasteiger partial charge is 0.409 e. The Morgan fingerprint density at radius 1 is 1.29 bits per heavy atom. The molecule has 2 fully saturated rings. The van der Waals surface area contributed by atoms with E-state index >= 15 is 0 Å². The van der Waals surface area contributed by atoms with E-state index in [2.05, 4.69) is 4.90 Å². The van der Waals surface area contributed by atoms with Crippen LogP contribution in [0.4, 0.5) is 4.79 Å². The predicted octanol–water partition coefficient (Wildman–Crippen LogP) is 0.923. The molecule has 0 spiro atoms. The first kappa shape index (κ1) is 9.77. The highest BCUT2D eigenvalue weighted by molar-refractivity contribution is 5.67. The van der Waals surface area contributed by atoms with Crippen LogP contribution in [0, 0.1) is 0 Å². The second kappa shape index (κ2) is 4.17. The van der Waals surface area contributed by atoms with E-state index in [-0.39, 0.29) is 6.09 Å². The van der Waals surface area contributed by atoms with Crippen LogP contribution < -0.4 is 0 Å². The number of rotatable bonds is 0. The molecule has 0 aromatic rings. The molecule has 2 heterocycles. The molecule has 2 rings (SSSR count). The summed E-state index contributed by atoms with van der Waals surface area (Å²) < 4.78 is 4.74. The minimum Gasteiger partial charge on any atom is -0.453 e. The molecule has 4 heteroatoms. The number of amides is 1. The molecule has 2 saturated heterocycles. The van der Waals surface area contributed by atoms with E-state index in [1.54, 1.807) is 0 Å². The third kappa shape index (κ3) is 1.85. The summed E-state index contributed by atoms with van der Waals surface area (Å²) >= 11 is 0. The van der Waals surface area contributed by atoms with Crippen LogP contribution in [-0.4, -0.2) is 55.2 Å². The number of carbonyl (C=O) groups excluding carboxylic acids is 1. The van der Waals surface area contributed by atoms with Gasteiger partial charge in [0, 0.05) is 25.7 Å². The number of piperidine rings is 1. The van der Waals surface area contributed by atoms with Gasteiger partial charge >= 0.3 is 6.09 Å². The Morgan fingerprint density at radius 3 is 2.93 bits per heavy atom. The molecule has 4 nitrogen and oxygen atoms in total. The van der Waals surface area contributed by atoms with E-state index in [1.807, 2.05) is 4.90 Å². The first-order valence-electron chi connectivity index (χ1n) is 5.38. The van der Waals surface area contributed by atoms with Gasteiger partial charge in [-0.05, 0) is 19.4 Å².